The fraction of sp³-hybridized carbons (Fsp3) is 0.0377. The summed E-state index contributed by atoms with van der Waals surface area (Å²) in [6.07, 6.45) is 0. The molecular formula is C53H50Au2NP3S2. The molecule has 0 atom stereocenters. The van der Waals surface area contributed by atoms with Crippen LogP contribution in [-0.2, 0) is 44.8 Å². The first-order chi connectivity index (χ1) is 28.7. The number of rotatable bonds is 9. The maximum atomic E-state index is 5.54. The molecule has 0 N–H and O–H groups in total. The minimum Gasteiger partial charge on any atom is -0.0622 e. The fourth-order valence-corrected chi connectivity index (χ4v) is 18.4. The average Bonchev–Trinajstić information content (AvgIpc) is 3.30. The second kappa shape index (κ2) is 25.2. The van der Waals surface area contributed by atoms with Crippen LogP contribution in [0.25, 0.3) is 0 Å². The van der Waals surface area contributed by atoms with Gasteiger partial charge in [-0.25, -0.2) is 0 Å². The van der Waals surface area contributed by atoms with E-state index in [1.165, 1.54) is 31.8 Å². The topological polar surface area (TPSA) is 3.24 Å². The van der Waals surface area contributed by atoms with Crippen LogP contribution in [0, 0.1) is 13.3 Å². The Morgan fingerprint density at radius 2 is 0.557 bits per heavy atom. The summed E-state index contributed by atoms with van der Waals surface area (Å²) in [5, 5.41) is 10.7. The zero-order chi connectivity index (χ0) is 41.4. The molecule has 0 radical (unpaired) electrons. The first-order valence-electron chi connectivity index (χ1n) is 19.4. The molecule has 0 unspecified atom stereocenters. The van der Waals surface area contributed by atoms with Crippen molar-refractivity contribution in [1.82, 2.24) is 4.90 Å². The first kappa shape index (κ1) is 50.4. The monoisotopic (exact) mass is 1250 g/mol. The maximum absolute atomic E-state index is 5.54. The summed E-state index contributed by atoms with van der Waals surface area (Å²) in [5.41, 5.74) is 0. The van der Waals surface area contributed by atoms with Crippen LogP contribution in [0.4, 0.5) is 0 Å². The number of thiocarbonyl (C=S) groups is 1. The Hall–Kier alpha value is -3.23. The van der Waals surface area contributed by atoms with Gasteiger partial charge in [-0.05, 0) is 47.7 Å². The molecule has 0 aliphatic rings. The summed E-state index contributed by atoms with van der Waals surface area (Å²) >= 11 is 7.17. The SMILES string of the molecule is [Au+].[Au+].[CH2-]P([CH2-])(SC(=S)N(C)C)(c1ccccc1)c1ccccc1.c1ccc(P(c2ccccc2)c2ccccc2)cc1.c1ccc(P(c2ccccc2)c2ccccc2)cc1. The van der Waals surface area contributed by atoms with Gasteiger partial charge in [-0.3, -0.25) is 0 Å². The van der Waals surface area contributed by atoms with Crippen molar-refractivity contribution in [3.8, 4) is 0 Å². The van der Waals surface area contributed by atoms with Gasteiger partial charge in [0.15, 0.2) is 0 Å². The molecule has 1 nitrogen and oxygen atoms in total. The largest absolute Gasteiger partial charge is 0.0622 e. The van der Waals surface area contributed by atoms with Crippen molar-refractivity contribution >= 4 is 92.0 Å². The van der Waals surface area contributed by atoms with Crippen LogP contribution < -0.4 is 42.4 Å². The summed E-state index contributed by atoms with van der Waals surface area (Å²) in [7, 11) is 3.03. The summed E-state index contributed by atoms with van der Waals surface area (Å²) in [4.78, 5) is 1.95. The van der Waals surface area contributed by atoms with Crippen molar-refractivity contribution in [3.63, 3.8) is 0 Å². The Morgan fingerprint density at radius 1 is 0.377 bits per heavy atom. The average molecular weight is 1250 g/mol. The van der Waals surface area contributed by atoms with E-state index in [0.717, 1.165) is 14.9 Å². The van der Waals surface area contributed by atoms with Gasteiger partial charge in [-0.1, -0.05) is 182 Å². The maximum Gasteiger partial charge on any atom is -0.0134 e. The van der Waals surface area contributed by atoms with E-state index in [2.05, 4.69) is 220 Å². The Morgan fingerprint density at radius 3 is 0.738 bits per heavy atom. The van der Waals surface area contributed by atoms with Crippen molar-refractivity contribution in [3.05, 3.63) is 256 Å². The van der Waals surface area contributed by atoms with Crippen LogP contribution in [0.3, 0.4) is 0 Å². The predicted molar refractivity (Wildman–Crippen MR) is 274 cm³/mol. The van der Waals surface area contributed by atoms with Crippen molar-refractivity contribution in [2.24, 2.45) is 0 Å². The van der Waals surface area contributed by atoms with E-state index in [1.807, 2.05) is 55.4 Å². The minimum absolute atomic E-state index is 0. The summed E-state index contributed by atoms with van der Waals surface area (Å²) < 4.78 is 0.811. The van der Waals surface area contributed by atoms with Crippen molar-refractivity contribution in [2.45, 2.75) is 0 Å². The molecule has 0 saturated heterocycles. The van der Waals surface area contributed by atoms with Gasteiger partial charge in [0.05, 0.1) is 0 Å². The summed E-state index contributed by atoms with van der Waals surface area (Å²) in [6, 6.07) is 85.3. The molecule has 0 fully saturated rings. The van der Waals surface area contributed by atoms with E-state index in [1.54, 1.807) is 11.4 Å². The zero-order valence-electron chi connectivity index (χ0n) is 34.2. The van der Waals surface area contributed by atoms with Crippen LogP contribution in [0.1, 0.15) is 0 Å². The third-order valence-corrected chi connectivity index (χ3v) is 22.4. The third kappa shape index (κ3) is 13.9. The van der Waals surface area contributed by atoms with Gasteiger partial charge < -0.3 is 0 Å². The quantitative estimate of drug-likeness (QED) is 0.0614. The van der Waals surface area contributed by atoms with E-state index in [-0.39, 0.29) is 44.8 Å². The number of nitrogens with zero attached hydrogens (tertiary/aromatic N) is 1. The van der Waals surface area contributed by atoms with Crippen LogP contribution in [0.15, 0.2) is 243 Å². The Kier molecular flexibility index (Phi) is 20.8. The first-order valence-corrected chi connectivity index (χ1v) is 26.5. The van der Waals surface area contributed by atoms with Crippen molar-refractivity contribution in [1.29, 1.82) is 0 Å². The molecule has 0 spiro atoms. The van der Waals surface area contributed by atoms with Gasteiger partial charge in [0.1, 0.15) is 0 Å². The van der Waals surface area contributed by atoms with Gasteiger partial charge in [0.25, 0.3) is 0 Å². The Labute approximate surface area is 408 Å². The molecule has 8 rings (SSSR count). The molecule has 0 saturated carbocycles. The normalized spacial score (nSPS) is 11.1. The summed E-state index contributed by atoms with van der Waals surface area (Å²) in [5.74, 6) is -2.89. The molecule has 0 heterocycles. The smallest absolute Gasteiger partial charge is 0.0134 e. The standard InChI is InChI=1S/2C18H15P.C17H20NPS2.2Au/c2*1-4-10-16(11-5-1)19(17-12-6-2-7-13-17)18-14-8-3-9-15-18;1-18(2)17(20)21-19(3,4,15-11-7-5-8-12-15)16-13-9-6-10-14-16;;/h2*1-15H;5-14H,3-4H2,1-2H3;;/q;;-2;2*+1. The number of hydrogen-bond donors (Lipinski definition) is 0. The van der Waals surface area contributed by atoms with Crippen molar-refractivity contribution in [2.75, 3.05) is 14.1 Å². The third-order valence-electron chi connectivity index (χ3n) is 9.46. The van der Waals surface area contributed by atoms with Gasteiger partial charge in [-0.15, -0.1) is 0 Å². The minimum atomic E-state index is -2.89. The van der Waals surface area contributed by atoms with E-state index < -0.39 is 21.6 Å². The Balaban J connectivity index is 0.000000198. The molecule has 0 aromatic heterocycles. The van der Waals surface area contributed by atoms with Crippen LogP contribution in [-0.4, -0.2) is 23.3 Å². The van der Waals surface area contributed by atoms with E-state index >= 15 is 0 Å². The van der Waals surface area contributed by atoms with E-state index in [9.17, 15) is 0 Å². The number of hydrogen-bond acceptors (Lipinski definition) is 2. The Bertz CT molecular complexity index is 2080. The number of benzene rings is 8. The molecule has 61 heavy (non-hydrogen) atoms. The molecule has 8 aromatic carbocycles. The van der Waals surface area contributed by atoms with Gasteiger partial charge >= 0.3 is 182 Å². The molecule has 0 aliphatic carbocycles. The predicted octanol–water partition coefficient (Wildman–Crippen LogP) is 11.2. The molecule has 316 valence electrons. The van der Waals surface area contributed by atoms with E-state index in [4.69, 9.17) is 12.2 Å². The van der Waals surface area contributed by atoms with Crippen molar-refractivity contribution < 1.29 is 44.8 Å². The summed E-state index contributed by atoms with van der Waals surface area (Å²) in [6.45, 7) is 9.27. The van der Waals surface area contributed by atoms with Gasteiger partial charge in [0.2, 0.25) is 0 Å². The molecule has 8 aromatic rings. The zero-order valence-corrected chi connectivity index (χ0v) is 42.9. The van der Waals surface area contributed by atoms with Crippen LogP contribution in [0.2, 0.25) is 0 Å². The second-order valence-electron chi connectivity index (χ2n) is 14.0. The fourth-order valence-electron chi connectivity index (χ4n) is 6.43. The van der Waals surface area contributed by atoms with Crippen LogP contribution in [0.5, 0.6) is 0 Å². The molecule has 0 aliphatic heterocycles. The molecular weight excluding hydrogens is 1200 g/mol. The van der Waals surface area contributed by atoms with Gasteiger partial charge in [-0.2, -0.15) is 0 Å². The molecule has 0 bridgehead atoms. The van der Waals surface area contributed by atoms with Gasteiger partial charge in [0, 0.05) is 0 Å². The van der Waals surface area contributed by atoms with E-state index in [0.29, 0.717) is 0 Å². The molecule has 8 heteroatoms. The molecule has 0 amide bonds. The second-order valence-corrected chi connectivity index (χ2v) is 26.7. The van der Waals surface area contributed by atoms with Crippen LogP contribution >= 0.6 is 45.2 Å².